The molecule has 3 aromatic rings. The van der Waals surface area contributed by atoms with E-state index in [1.54, 1.807) is 37.3 Å². The zero-order valence-electron chi connectivity index (χ0n) is 13.9. The maximum absolute atomic E-state index is 11.8. The molecule has 0 saturated carbocycles. The van der Waals surface area contributed by atoms with E-state index < -0.39 is 17.3 Å². The van der Waals surface area contributed by atoms with Crippen molar-refractivity contribution in [3.63, 3.8) is 0 Å². The predicted octanol–water partition coefficient (Wildman–Crippen LogP) is 2.63. The number of carbonyl (C=O) groups is 1. The molecule has 2 N–H and O–H groups in total. The molecular formula is C17H15ClN4O3S. The number of hydrogen-bond acceptors (Lipinski definition) is 5. The van der Waals surface area contributed by atoms with E-state index in [4.69, 9.17) is 11.6 Å². The minimum atomic E-state index is -1.46. The lowest BCUT2D eigenvalue weighted by atomic mass is 10.1. The number of carbonyl (C=O) groups excluding carboxylic acids is 1. The van der Waals surface area contributed by atoms with Gasteiger partial charge in [0, 0.05) is 11.2 Å². The Labute approximate surface area is 158 Å². The Hall–Kier alpha value is -2.55. The van der Waals surface area contributed by atoms with Crippen LogP contribution < -0.4 is 4.72 Å². The van der Waals surface area contributed by atoms with Gasteiger partial charge in [0.1, 0.15) is 6.26 Å². The lowest BCUT2D eigenvalue weighted by Crippen LogP contribution is -2.29. The van der Waals surface area contributed by atoms with Crippen molar-refractivity contribution in [3.8, 4) is 22.8 Å². The minimum Gasteiger partial charge on any atom is -0.593 e. The highest BCUT2D eigenvalue weighted by atomic mass is 35.5. The molecule has 0 aliphatic carbocycles. The van der Waals surface area contributed by atoms with Crippen molar-refractivity contribution in [2.24, 2.45) is 0 Å². The van der Waals surface area contributed by atoms with Crippen LogP contribution in [0.2, 0.25) is 5.02 Å². The molecule has 0 bridgehead atoms. The van der Waals surface area contributed by atoms with Crippen LogP contribution in [0.3, 0.4) is 0 Å². The lowest BCUT2D eigenvalue weighted by molar-refractivity contribution is 0.0981. The van der Waals surface area contributed by atoms with Crippen LogP contribution in [0.25, 0.3) is 16.9 Å². The molecule has 9 heteroatoms. The fourth-order valence-electron chi connectivity index (χ4n) is 2.46. The molecule has 3 rings (SSSR count). The highest BCUT2D eigenvalue weighted by molar-refractivity contribution is 7.89. The van der Waals surface area contributed by atoms with E-state index in [0.717, 1.165) is 5.56 Å². The van der Waals surface area contributed by atoms with E-state index in [2.05, 4.69) is 14.8 Å². The molecule has 1 atom stereocenters. The molecule has 1 unspecified atom stereocenters. The largest absolute Gasteiger partial charge is 0.593 e. The normalized spacial score (nSPS) is 12.0. The van der Waals surface area contributed by atoms with Crippen LogP contribution in [0.4, 0.5) is 0 Å². The summed E-state index contributed by atoms with van der Waals surface area (Å²) in [5.41, 5.74) is 2.23. The molecule has 1 amide bonds. The Morgan fingerprint density at radius 3 is 2.54 bits per heavy atom. The van der Waals surface area contributed by atoms with Crippen molar-refractivity contribution in [1.29, 1.82) is 0 Å². The van der Waals surface area contributed by atoms with E-state index in [9.17, 15) is 14.5 Å². The average molecular weight is 391 g/mol. The smallest absolute Gasteiger partial charge is 0.293 e. The average Bonchev–Trinajstić information content (AvgIpc) is 2.90. The van der Waals surface area contributed by atoms with Gasteiger partial charge in [0.05, 0.1) is 28.2 Å². The molecule has 0 saturated heterocycles. The SMILES string of the molecule is Cc1nn(-c2ccc(C(=O)N[S+](C)[O-])cn2)c(O)c1-c1ccc(Cl)cc1. The molecular weight excluding hydrogens is 376 g/mol. The maximum Gasteiger partial charge on any atom is 0.293 e. The second kappa shape index (κ2) is 7.36. The van der Waals surface area contributed by atoms with Crippen LogP contribution in [0.5, 0.6) is 5.88 Å². The summed E-state index contributed by atoms with van der Waals surface area (Å²) in [7, 11) is 0. The zero-order chi connectivity index (χ0) is 18.8. The van der Waals surface area contributed by atoms with E-state index in [1.165, 1.54) is 23.2 Å². The Kier molecular flexibility index (Phi) is 5.17. The summed E-state index contributed by atoms with van der Waals surface area (Å²) in [6, 6.07) is 10.1. The molecule has 0 spiro atoms. The highest BCUT2D eigenvalue weighted by Gasteiger charge is 2.18. The molecule has 7 nitrogen and oxygen atoms in total. The molecule has 0 aliphatic heterocycles. The maximum atomic E-state index is 11.8. The monoisotopic (exact) mass is 390 g/mol. The van der Waals surface area contributed by atoms with Crippen molar-refractivity contribution in [2.45, 2.75) is 6.92 Å². The third-order valence-electron chi connectivity index (χ3n) is 3.63. The number of benzene rings is 1. The number of rotatable bonds is 4. The fraction of sp³-hybridized carbons (Fsp3) is 0.118. The van der Waals surface area contributed by atoms with Gasteiger partial charge in [0.25, 0.3) is 5.91 Å². The summed E-state index contributed by atoms with van der Waals surface area (Å²) < 4.78 is 14.6. The van der Waals surface area contributed by atoms with E-state index in [1.807, 2.05) is 0 Å². The van der Waals surface area contributed by atoms with Gasteiger partial charge in [-0.05, 0) is 36.8 Å². The molecule has 1 aromatic carbocycles. The van der Waals surface area contributed by atoms with Gasteiger partial charge in [-0.1, -0.05) is 23.7 Å². The number of hydrogen-bond donors (Lipinski definition) is 2. The van der Waals surface area contributed by atoms with Gasteiger partial charge in [-0.2, -0.15) is 14.5 Å². The topological polar surface area (TPSA) is 103 Å². The highest BCUT2D eigenvalue weighted by Crippen LogP contribution is 2.34. The summed E-state index contributed by atoms with van der Waals surface area (Å²) in [6.45, 7) is 1.78. The zero-order valence-corrected chi connectivity index (χ0v) is 15.5. The van der Waals surface area contributed by atoms with Gasteiger partial charge in [-0.25, -0.2) is 4.98 Å². The first kappa shape index (κ1) is 18.2. The van der Waals surface area contributed by atoms with Crippen molar-refractivity contribution in [2.75, 3.05) is 6.26 Å². The first-order valence-corrected chi connectivity index (χ1v) is 9.46. The van der Waals surface area contributed by atoms with Crippen LogP contribution >= 0.6 is 11.6 Å². The summed E-state index contributed by atoms with van der Waals surface area (Å²) in [5.74, 6) is -0.211. The Balaban J connectivity index is 1.94. The van der Waals surface area contributed by atoms with Crippen molar-refractivity contribution >= 4 is 28.9 Å². The van der Waals surface area contributed by atoms with E-state index in [0.29, 0.717) is 22.1 Å². The van der Waals surface area contributed by atoms with Crippen LogP contribution in [-0.4, -0.2) is 36.6 Å². The molecule has 134 valence electrons. The van der Waals surface area contributed by atoms with Crippen molar-refractivity contribution in [3.05, 3.63) is 58.9 Å². The minimum absolute atomic E-state index is 0.0656. The number of nitrogens with one attached hydrogen (secondary N) is 1. The number of halogens is 1. The number of nitrogens with zero attached hydrogens (tertiary/aromatic N) is 3. The second-order valence-corrected chi connectivity index (χ2v) is 7.04. The molecule has 0 fully saturated rings. The lowest BCUT2D eigenvalue weighted by Gasteiger charge is -2.07. The van der Waals surface area contributed by atoms with Crippen LogP contribution in [0.15, 0.2) is 42.6 Å². The van der Waals surface area contributed by atoms with Gasteiger partial charge < -0.3 is 9.66 Å². The number of amides is 1. The quantitative estimate of drug-likeness (QED) is 0.666. The first-order valence-electron chi connectivity index (χ1n) is 7.52. The van der Waals surface area contributed by atoms with Crippen molar-refractivity contribution in [1.82, 2.24) is 19.5 Å². The van der Waals surface area contributed by atoms with Gasteiger partial charge in [-0.3, -0.25) is 4.79 Å². The Bertz CT molecular complexity index is 940. The number of aromatic hydroxyl groups is 1. The molecule has 0 aliphatic rings. The van der Waals surface area contributed by atoms with Crippen LogP contribution in [0, 0.1) is 6.92 Å². The molecule has 2 aromatic heterocycles. The summed E-state index contributed by atoms with van der Waals surface area (Å²) >= 11 is 4.45. The first-order chi connectivity index (χ1) is 12.4. The summed E-state index contributed by atoms with van der Waals surface area (Å²) in [4.78, 5) is 16.0. The fourth-order valence-corrected chi connectivity index (χ4v) is 2.97. The van der Waals surface area contributed by atoms with Gasteiger partial charge in [0.15, 0.2) is 5.82 Å². The van der Waals surface area contributed by atoms with E-state index in [-0.39, 0.29) is 11.4 Å². The molecule has 2 heterocycles. The summed E-state index contributed by atoms with van der Waals surface area (Å²) in [6.07, 6.45) is 2.69. The standard InChI is InChI=1S/C17H15ClN4O3S/c1-10-15(11-3-6-13(18)7-4-11)17(24)22(20-10)14-8-5-12(9-19-14)16(23)21-26(2)25/h3-9,24H,1-2H3,(H,21,23). The van der Waals surface area contributed by atoms with Crippen molar-refractivity contribution < 1.29 is 14.5 Å². The van der Waals surface area contributed by atoms with Crippen LogP contribution in [0.1, 0.15) is 16.1 Å². The van der Waals surface area contributed by atoms with Gasteiger partial charge in [0.2, 0.25) is 5.88 Å². The number of aryl methyl sites for hydroxylation is 1. The predicted molar refractivity (Wildman–Crippen MR) is 99.7 cm³/mol. The van der Waals surface area contributed by atoms with Crippen LogP contribution in [-0.2, 0) is 11.4 Å². The van der Waals surface area contributed by atoms with Gasteiger partial charge in [-0.15, -0.1) is 0 Å². The molecule has 0 radical (unpaired) electrons. The van der Waals surface area contributed by atoms with E-state index >= 15 is 0 Å². The number of aromatic nitrogens is 3. The molecule has 26 heavy (non-hydrogen) atoms. The third-order valence-corrected chi connectivity index (χ3v) is 4.36. The Morgan fingerprint density at radius 1 is 1.27 bits per heavy atom. The second-order valence-electron chi connectivity index (χ2n) is 5.49. The Morgan fingerprint density at radius 2 is 1.96 bits per heavy atom. The van der Waals surface area contributed by atoms with Gasteiger partial charge >= 0.3 is 0 Å². The third kappa shape index (κ3) is 3.67. The summed E-state index contributed by atoms with van der Waals surface area (Å²) in [5, 5.41) is 15.5. The number of pyridine rings is 1.